The van der Waals surface area contributed by atoms with Crippen LogP contribution in [0.3, 0.4) is 0 Å². The summed E-state index contributed by atoms with van der Waals surface area (Å²) in [4.78, 5) is 4.16. The highest BCUT2D eigenvalue weighted by molar-refractivity contribution is 7.11. The first-order chi connectivity index (χ1) is 9.86. The molecule has 0 saturated heterocycles. The summed E-state index contributed by atoms with van der Waals surface area (Å²) < 4.78 is 38.2. The van der Waals surface area contributed by atoms with E-state index < -0.39 is 11.2 Å². The van der Waals surface area contributed by atoms with Gasteiger partial charge in [-0.05, 0) is 61.7 Å². The maximum absolute atomic E-state index is 12.7. The van der Waals surface area contributed by atoms with E-state index >= 15 is 0 Å². The zero-order chi connectivity index (χ0) is 14.8. The lowest BCUT2D eigenvalue weighted by Crippen LogP contribution is -2.50. The molecule has 21 heavy (non-hydrogen) atoms. The summed E-state index contributed by atoms with van der Waals surface area (Å²) in [5, 5.41) is -0.766. The first kappa shape index (κ1) is 14.0. The van der Waals surface area contributed by atoms with Crippen molar-refractivity contribution in [1.29, 1.82) is 0 Å². The van der Waals surface area contributed by atoms with Crippen molar-refractivity contribution in [2.45, 2.75) is 50.7 Å². The molecule has 6 heteroatoms. The Balaban J connectivity index is 1.62. The molecular formula is C15H19F3N2S. The molecule has 0 aromatic carbocycles. The highest BCUT2D eigenvalue weighted by atomic mass is 32.1. The topological polar surface area (TPSA) is 38.9 Å². The van der Waals surface area contributed by atoms with Crippen LogP contribution < -0.4 is 5.73 Å². The van der Waals surface area contributed by atoms with Gasteiger partial charge < -0.3 is 5.73 Å². The van der Waals surface area contributed by atoms with Crippen LogP contribution in [-0.4, -0.2) is 4.98 Å². The van der Waals surface area contributed by atoms with Crippen molar-refractivity contribution in [2.75, 3.05) is 0 Å². The van der Waals surface area contributed by atoms with Crippen molar-refractivity contribution < 1.29 is 13.2 Å². The first-order valence-corrected chi connectivity index (χ1v) is 8.46. The van der Waals surface area contributed by atoms with E-state index in [1.807, 2.05) is 0 Å². The van der Waals surface area contributed by atoms with E-state index in [2.05, 4.69) is 4.98 Å². The van der Waals surface area contributed by atoms with Crippen LogP contribution in [-0.2, 0) is 6.18 Å². The van der Waals surface area contributed by atoms with Crippen molar-refractivity contribution in [3.63, 3.8) is 0 Å². The largest absolute Gasteiger partial charge is 0.443 e. The molecule has 1 atom stereocenters. The minimum Gasteiger partial charge on any atom is -0.323 e. The zero-order valence-electron chi connectivity index (χ0n) is 11.7. The van der Waals surface area contributed by atoms with Gasteiger partial charge in [0.2, 0.25) is 0 Å². The molecule has 0 radical (unpaired) electrons. The number of aromatic nitrogens is 1. The van der Waals surface area contributed by atoms with Gasteiger partial charge in [-0.25, -0.2) is 4.98 Å². The number of nitrogens with zero attached hydrogens (tertiary/aromatic N) is 1. The molecule has 4 aliphatic carbocycles. The molecular weight excluding hydrogens is 297 g/mol. The van der Waals surface area contributed by atoms with Crippen LogP contribution in [0.2, 0.25) is 0 Å². The van der Waals surface area contributed by atoms with Gasteiger partial charge in [0, 0.05) is 17.1 Å². The van der Waals surface area contributed by atoms with Crippen molar-refractivity contribution in [3.05, 3.63) is 16.1 Å². The van der Waals surface area contributed by atoms with Gasteiger partial charge in [-0.1, -0.05) is 0 Å². The van der Waals surface area contributed by atoms with Crippen LogP contribution in [0, 0.1) is 23.2 Å². The molecule has 4 aliphatic rings. The van der Waals surface area contributed by atoms with E-state index in [-0.39, 0.29) is 11.5 Å². The second-order valence-corrected chi connectivity index (χ2v) is 8.39. The minimum absolute atomic E-state index is 0.0319. The van der Waals surface area contributed by atoms with Crippen LogP contribution in [0.25, 0.3) is 0 Å². The number of thiazole rings is 1. The lowest BCUT2D eigenvalue weighted by Gasteiger charge is -2.58. The number of alkyl halides is 3. The molecule has 0 spiro atoms. The predicted molar refractivity (Wildman–Crippen MR) is 74.6 cm³/mol. The standard InChI is InChI=1S/C15H19F3N2S/c16-15(17,18)13-20-7-11(21-13)12(19)14-4-8-1-9(5-14)3-10(2-8)6-14/h7-10,12H,1-6,19H2. The van der Waals surface area contributed by atoms with Crippen molar-refractivity contribution >= 4 is 11.3 Å². The summed E-state index contributed by atoms with van der Waals surface area (Å²) in [6, 6.07) is -0.278. The third-order valence-corrected chi connectivity index (χ3v) is 6.94. The lowest BCUT2D eigenvalue weighted by atomic mass is 9.47. The molecule has 1 unspecified atom stereocenters. The Labute approximate surface area is 125 Å². The molecule has 5 rings (SSSR count). The van der Waals surface area contributed by atoms with Gasteiger partial charge in [0.15, 0.2) is 5.01 Å². The Kier molecular flexibility index (Phi) is 2.96. The van der Waals surface area contributed by atoms with Crippen LogP contribution >= 0.6 is 11.3 Å². The summed E-state index contributed by atoms with van der Waals surface area (Å²) >= 11 is 0.736. The molecule has 0 aliphatic heterocycles. The van der Waals surface area contributed by atoms with Gasteiger partial charge in [-0.3, -0.25) is 0 Å². The van der Waals surface area contributed by atoms with Crippen LogP contribution in [0.5, 0.6) is 0 Å². The molecule has 4 bridgehead atoms. The van der Waals surface area contributed by atoms with Crippen LogP contribution in [0.1, 0.15) is 54.5 Å². The van der Waals surface area contributed by atoms with Crippen LogP contribution in [0.4, 0.5) is 13.2 Å². The molecule has 4 saturated carbocycles. The Morgan fingerprint density at radius 1 is 1.14 bits per heavy atom. The third kappa shape index (κ3) is 2.22. The van der Waals surface area contributed by atoms with E-state index in [1.54, 1.807) is 0 Å². The predicted octanol–water partition coefficient (Wildman–Crippen LogP) is 4.38. The fourth-order valence-electron chi connectivity index (χ4n) is 5.42. The molecule has 2 nitrogen and oxygen atoms in total. The maximum Gasteiger partial charge on any atom is 0.443 e. The van der Waals surface area contributed by atoms with Crippen LogP contribution in [0.15, 0.2) is 6.20 Å². The van der Waals surface area contributed by atoms with Gasteiger partial charge in [0.05, 0.1) is 0 Å². The Morgan fingerprint density at radius 2 is 1.67 bits per heavy atom. The molecule has 2 N–H and O–H groups in total. The van der Waals surface area contributed by atoms with E-state index in [9.17, 15) is 13.2 Å². The minimum atomic E-state index is -4.36. The number of hydrogen-bond donors (Lipinski definition) is 1. The molecule has 4 fully saturated rings. The second-order valence-electron chi connectivity index (χ2n) is 7.32. The normalized spacial score (nSPS) is 39.7. The molecule has 116 valence electrons. The third-order valence-electron chi connectivity index (χ3n) is 5.82. The van der Waals surface area contributed by atoms with E-state index in [4.69, 9.17) is 5.73 Å². The van der Waals surface area contributed by atoms with Gasteiger partial charge in [-0.2, -0.15) is 13.2 Å². The van der Waals surface area contributed by atoms with E-state index in [0.29, 0.717) is 4.88 Å². The quantitative estimate of drug-likeness (QED) is 0.879. The first-order valence-electron chi connectivity index (χ1n) is 7.64. The fraction of sp³-hybridized carbons (Fsp3) is 0.800. The van der Waals surface area contributed by atoms with Crippen molar-refractivity contribution in [1.82, 2.24) is 4.98 Å². The van der Waals surface area contributed by atoms with E-state index in [1.165, 1.54) is 25.5 Å². The highest BCUT2D eigenvalue weighted by Crippen LogP contribution is 2.63. The molecule has 1 aromatic rings. The van der Waals surface area contributed by atoms with Crippen molar-refractivity contribution in [2.24, 2.45) is 28.9 Å². The summed E-state index contributed by atoms with van der Waals surface area (Å²) in [5.74, 6) is 2.24. The smallest absolute Gasteiger partial charge is 0.323 e. The number of nitrogens with two attached hydrogens (primary N) is 1. The Bertz CT molecular complexity index is 516. The highest BCUT2D eigenvalue weighted by Gasteiger charge is 2.54. The summed E-state index contributed by atoms with van der Waals surface area (Å²) in [5.41, 5.74) is 6.49. The SMILES string of the molecule is NC(c1cnc(C(F)(F)F)s1)C12CC3CC(CC(C3)C1)C2. The molecule has 1 heterocycles. The lowest BCUT2D eigenvalue weighted by molar-refractivity contribution is -0.137. The molecule has 0 amide bonds. The van der Waals surface area contributed by atoms with Gasteiger partial charge in [-0.15, -0.1) is 11.3 Å². The van der Waals surface area contributed by atoms with E-state index in [0.717, 1.165) is 48.4 Å². The summed E-state index contributed by atoms with van der Waals surface area (Å²) in [6.07, 6.45) is 4.21. The Hall–Kier alpha value is -0.620. The summed E-state index contributed by atoms with van der Waals surface area (Å²) in [6.45, 7) is 0. The average Bonchev–Trinajstić information content (AvgIpc) is 2.85. The zero-order valence-corrected chi connectivity index (χ0v) is 12.5. The summed E-state index contributed by atoms with van der Waals surface area (Å²) in [7, 11) is 0. The molecule has 1 aromatic heterocycles. The number of hydrogen-bond acceptors (Lipinski definition) is 3. The monoisotopic (exact) mass is 316 g/mol. The average molecular weight is 316 g/mol. The maximum atomic E-state index is 12.7. The number of halogens is 3. The van der Waals surface area contributed by atoms with Gasteiger partial charge in [0.25, 0.3) is 0 Å². The number of rotatable bonds is 2. The second kappa shape index (κ2) is 4.44. The van der Waals surface area contributed by atoms with Gasteiger partial charge in [0.1, 0.15) is 0 Å². The van der Waals surface area contributed by atoms with Gasteiger partial charge >= 0.3 is 6.18 Å². The van der Waals surface area contributed by atoms with Crippen molar-refractivity contribution in [3.8, 4) is 0 Å². The Morgan fingerprint density at radius 3 is 2.10 bits per heavy atom. The fourth-order valence-corrected chi connectivity index (χ4v) is 6.35.